The minimum Gasteiger partial charge on any atom is -0.396 e. The number of H-pyrrole nitrogens is 1. The lowest BCUT2D eigenvalue weighted by Crippen LogP contribution is -2.24. The molecule has 0 saturated carbocycles. The Morgan fingerprint density at radius 1 is 1.47 bits per heavy atom. The average molecular weight is 295 g/mol. The first-order valence-electron chi connectivity index (χ1n) is 4.99. The molecule has 2 rings (SSSR count). The Bertz CT molecular complexity index is 538. The number of anilines is 1. The smallest absolute Gasteiger partial charge is 0.271 e. The molecule has 0 unspecified atom stereocenters. The molecule has 0 aliphatic carbocycles. The fourth-order valence-corrected chi connectivity index (χ4v) is 1.81. The third-order valence-electron chi connectivity index (χ3n) is 2.29. The predicted octanol–water partition coefficient (Wildman–Crippen LogP) is 1.68. The molecule has 0 fully saturated rings. The van der Waals surface area contributed by atoms with E-state index in [9.17, 15) is 4.79 Å². The highest BCUT2D eigenvalue weighted by Gasteiger charge is 2.11. The number of nitrogen functional groups attached to an aromatic ring is 1. The van der Waals surface area contributed by atoms with Gasteiger partial charge in [-0.3, -0.25) is 9.89 Å². The molecule has 1 heterocycles. The van der Waals surface area contributed by atoms with Crippen molar-refractivity contribution in [3.05, 3.63) is 46.2 Å². The van der Waals surface area contributed by atoms with Gasteiger partial charge in [-0.2, -0.15) is 5.10 Å². The molecule has 1 aromatic heterocycles. The van der Waals surface area contributed by atoms with Gasteiger partial charge in [0, 0.05) is 11.0 Å². The van der Waals surface area contributed by atoms with Crippen LogP contribution in [0.2, 0.25) is 0 Å². The molecule has 0 saturated heterocycles. The van der Waals surface area contributed by atoms with Gasteiger partial charge in [-0.1, -0.05) is 34.1 Å². The van der Waals surface area contributed by atoms with E-state index in [-0.39, 0.29) is 11.6 Å². The predicted molar refractivity (Wildman–Crippen MR) is 68.3 cm³/mol. The zero-order chi connectivity index (χ0) is 12.3. The van der Waals surface area contributed by atoms with Crippen LogP contribution in [0, 0.1) is 0 Å². The van der Waals surface area contributed by atoms with Gasteiger partial charge >= 0.3 is 0 Å². The first kappa shape index (κ1) is 11.7. The molecule has 2 aromatic rings. The lowest BCUT2D eigenvalue weighted by Gasteiger charge is -2.06. The van der Waals surface area contributed by atoms with Crippen LogP contribution in [0.3, 0.4) is 0 Å². The molecule has 17 heavy (non-hydrogen) atoms. The first-order valence-corrected chi connectivity index (χ1v) is 5.78. The largest absolute Gasteiger partial charge is 0.396 e. The molecule has 6 heteroatoms. The fraction of sp³-hybridized carbons (Fsp3) is 0.0909. The zero-order valence-corrected chi connectivity index (χ0v) is 10.5. The van der Waals surface area contributed by atoms with Gasteiger partial charge in [0.2, 0.25) is 0 Å². The van der Waals surface area contributed by atoms with Crippen molar-refractivity contribution in [3.8, 4) is 0 Å². The maximum absolute atomic E-state index is 11.7. The normalized spacial score (nSPS) is 10.2. The number of aromatic amines is 1. The van der Waals surface area contributed by atoms with Gasteiger partial charge in [0.25, 0.3) is 5.91 Å². The molecule has 0 spiro atoms. The second kappa shape index (κ2) is 5.01. The standard InChI is InChI=1S/C11H11BrN4O/c12-8-4-2-1-3-7(8)5-14-11(17)10-9(13)6-15-16-10/h1-4,6H,5,13H2,(H,14,17)(H,15,16). The number of hydrogen-bond acceptors (Lipinski definition) is 3. The van der Waals surface area contributed by atoms with E-state index in [0.29, 0.717) is 12.2 Å². The number of carbonyl (C=O) groups excluding carboxylic acids is 1. The van der Waals surface area contributed by atoms with E-state index < -0.39 is 0 Å². The second-order valence-electron chi connectivity index (χ2n) is 3.47. The van der Waals surface area contributed by atoms with E-state index in [1.54, 1.807) is 0 Å². The molecule has 5 nitrogen and oxygen atoms in total. The van der Waals surface area contributed by atoms with Gasteiger partial charge in [-0.05, 0) is 11.6 Å². The number of aromatic nitrogens is 2. The molecule has 0 aliphatic heterocycles. The van der Waals surface area contributed by atoms with Crippen molar-refractivity contribution >= 4 is 27.5 Å². The van der Waals surface area contributed by atoms with Crippen molar-refractivity contribution < 1.29 is 4.79 Å². The summed E-state index contributed by atoms with van der Waals surface area (Å²) in [6.45, 7) is 0.429. The summed E-state index contributed by atoms with van der Waals surface area (Å²) in [4.78, 5) is 11.7. The van der Waals surface area contributed by atoms with E-state index in [2.05, 4.69) is 31.4 Å². The molecular formula is C11H11BrN4O. The summed E-state index contributed by atoms with van der Waals surface area (Å²) in [5.74, 6) is -0.268. The summed E-state index contributed by atoms with van der Waals surface area (Å²) in [5, 5.41) is 9.02. The topological polar surface area (TPSA) is 83.8 Å². The van der Waals surface area contributed by atoms with Crippen LogP contribution in [0.25, 0.3) is 0 Å². The van der Waals surface area contributed by atoms with Crippen molar-refractivity contribution in [3.63, 3.8) is 0 Å². The third-order valence-corrected chi connectivity index (χ3v) is 3.07. The van der Waals surface area contributed by atoms with Crippen molar-refractivity contribution in [1.82, 2.24) is 15.5 Å². The van der Waals surface area contributed by atoms with E-state index in [1.807, 2.05) is 24.3 Å². The lowest BCUT2D eigenvalue weighted by molar-refractivity contribution is 0.0946. The summed E-state index contributed by atoms with van der Waals surface area (Å²) in [6.07, 6.45) is 1.41. The summed E-state index contributed by atoms with van der Waals surface area (Å²) in [6, 6.07) is 7.69. The van der Waals surface area contributed by atoms with Gasteiger partial charge in [0.1, 0.15) is 5.69 Å². The Labute approximate surface area is 107 Å². The molecule has 1 aromatic carbocycles. The van der Waals surface area contributed by atoms with Crippen LogP contribution in [-0.2, 0) is 6.54 Å². The van der Waals surface area contributed by atoms with E-state index in [0.717, 1.165) is 10.0 Å². The lowest BCUT2D eigenvalue weighted by atomic mass is 10.2. The Morgan fingerprint density at radius 2 is 2.24 bits per heavy atom. The summed E-state index contributed by atoms with van der Waals surface area (Å²) in [5.41, 5.74) is 7.21. The number of nitrogens with one attached hydrogen (secondary N) is 2. The van der Waals surface area contributed by atoms with Gasteiger partial charge in [-0.15, -0.1) is 0 Å². The van der Waals surface area contributed by atoms with Crippen molar-refractivity contribution in [2.24, 2.45) is 0 Å². The Kier molecular flexibility index (Phi) is 3.43. The second-order valence-corrected chi connectivity index (χ2v) is 4.33. The average Bonchev–Trinajstić information content (AvgIpc) is 2.74. The van der Waals surface area contributed by atoms with E-state index >= 15 is 0 Å². The fourth-order valence-electron chi connectivity index (χ4n) is 1.38. The molecular weight excluding hydrogens is 284 g/mol. The summed E-state index contributed by atoms with van der Waals surface area (Å²) < 4.78 is 0.956. The highest BCUT2D eigenvalue weighted by atomic mass is 79.9. The number of nitrogens with two attached hydrogens (primary N) is 1. The third kappa shape index (κ3) is 2.65. The van der Waals surface area contributed by atoms with Crippen LogP contribution >= 0.6 is 15.9 Å². The minimum atomic E-state index is -0.268. The minimum absolute atomic E-state index is 0.268. The zero-order valence-electron chi connectivity index (χ0n) is 8.90. The quantitative estimate of drug-likeness (QED) is 0.805. The van der Waals surface area contributed by atoms with Gasteiger partial charge in [0.15, 0.2) is 0 Å². The van der Waals surface area contributed by atoms with Crippen LogP contribution in [0.4, 0.5) is 5.69 Å². The highest BCUT2D eigenvalue weighted by Crippen LogP contribution is 2.15. The summed E-state index contributed by atoms with van der Waals surface area (Å²) in [7, 11) is 0. The molecule has 88 valence electrons. The van der Waals surface area contributed by atoms with Crippen LogP contribution in [0.5, 0.6) is 0 Å². The van der Waals surface area contributed by atoms with Crippen molar-refractivity contribution in [2.75, 3.05) is 5.73 Å². The molecule has 4 N–H and O–H groups in total. The SMILES string of the molecule is Nc1cn[nH]c1C(=O)NCc1ccccc1Br. The molecule has 0 radical (unpaired) electrons. The molecule has 0 bridgehead atoms. The van der Waals surface area contributed by atoms with Gasteiger partial charge in [0.05, 0.1) is 11.9 Å². The molecule has 0 atom stereocenters. The molecule has 1 amide bonds. The number of hydrogen-bond donors (Lipinski definition) is 3. The number of benzene rings is 1. The maximum atomic E-state index is 11.7. The van der Waals surface area contributed by atoms with Crippen molar-refractivity contribution in [2.45, 2.75) is 6.54 Å². The number of halogens is 1. The number of nitrogens with zero attached hydrogens (tertiary/aromatic N) is 1. The van der Waals surface area contributed by atoms with Crippen LogP contribution < -0.4 is 11.1 Å². The highest BCUT2D eigenvalue weighted by molar-refractivity contribution is 9.10. The van der Waals surface area contributed by atoms with E-state index in [1.165, 1.54) is 6.20 Å². The van der Waals surface area contributed by atoms with Crippen molar-refractivity contribution in [1.29, 1.82) is 0 Å². The van der Waals surface area contributed by atoms with Gasteiger partial charge < -0.3 is 11.1 Å². The Morgan fingerprint density at radius 3 is 2.88 bits per heavy atom. The Balaban J connectivity index is 2.02. The maximum Gasteiger partial charge on any atom is 0.271 e. The first-order chi connectivity index (χ1) is 8.18. The molecule has 0 aliphatic rings. The van der Waals surface area contributed by atoms with E-state index in [4.69, 9.17) is 5.73 Å². The number of amides is 1. The monoisotopic (exact) mass is 294 g/mol. The van der Waals surface area contributed by atoms with Gasteiger partial charge in [-0.25, -0.2) is 0 Å². The Hall–Kier alpha value is -1.82. The van der Waals surface area contributed by atoms with Crippen LogP contribution in [0.15, 0.2) is 34.9 Å². The summed E-state index contributed by atoms with van der Waals surface area (Å²) >= 11 is 3.41. The number of rotatable bonds is 3. The van der Waals surface area contributed by atoms with Crippen LogP contribution in [-0.4, -0.2) is 16.1 Å². The number of carbonyl (C=O) groups is 1. The van der Waals surface area contributed by atoms with Crippen LogP contribution in [0.1, 0.15) is 16.1 Å².